The second-order valence-corrected chi connectivity index (χ2v) is 7.27. The van der Waals surface area contributed by atoms with Gasteiger partial charge in [0.25, 0.3) is 0 Å². The van der Waals surface area contributed by atoms with E-state index < -0.39 is 0 Å². The summed E-state index contributed by atoms with van der Waals surface area (Å²) in [5.41, 5.74) is 4.46. The highest BCUT2D eigenvalue weighted by Gasteiger charge is 2.26. The average Bonchev–Trinajstić information content (AvgIpc) is 2.61. The molecule has 0 atom stereocenters. The molecule has 0 unspecified atom stereocenters. The van der Waals surface area contributed by atoms with Crippen molar-refractivity contribution in [3.05, 3.63) is 54.3 Å². The largest absolute Gasteiger partial charge is 0.343 e. The average molecular weight is 367 g/mol. The molecule has 1 aliphatic rings. The maximum atomic E-state index is 12.5. The number of nitrogens with one attached hydrogen (secondary N) is 1. The number of anilines is 1. The normalized spacial score (nSPS) is 15.4. The summed E-state index contributed by atoms with van der Waals surface area (Å²) in [6.45, 7) is 14.5. The number of amides is 2. The fraction of sp³-hybridized carbons (Fsp3) is 0.409. The van der Waals surface area contributed by atoms with Gasteiger partial charge in [0, 0.05) is 43.7 Å². The topological polar surface area (TPSA) is 61.8 Å². The minimum Gasteiger partial charge on any atom is -0.343 e. The third-order valence-electron chi connectivity index (χ3n) is 4.59. The van der Waals surface area contributed by atoms with Gasteiger partial charge in [0.05, 0.1) is 5.71 Å². The molecule has 1 aromatic carbocycles. The first-order chi connectivity index (χ1) is 12.8. The van der Waals surface area contributed by atoms with E-state index in [1.807, 2.05) is 38.1 Å². The van der Waals surface area contributed by atoms with Crippen molar-refractivity contribution in [2.24, 2.45) is 10.9 Å². The van der Waals surface area contributed by atoms with E-state index in [0.717, 1.165) is 28.2 Å². The van der Waals surface area contributed by atoms with Crippen LogP contribution in [0, 0.1) is 5.92 Å². The Balaban J connectivity index is 2.00. The molecule has 1 N–H and O–H groups in total. The van der Waals surface area contributed by atoms with E-state index in [1.165, 1.54) is 0 Å². The number of nitrogens with zero attached hydrogens (tertiary/aromatic N) is 2. The molecule has 2 rings (SSSR count). The van der Waals surface area contributed by atoms with Gasteiger partial charge in [0.15, 0.2) is 0 Å². The van der Waals surface area contributed by atoms with Gasteiger partial charge >= 0.3 is 0 Å². The van der Waals surface area contributed by atoms with Crippen LogP contribution in [0.4, 0.5) is 5.69 Å². The highest BCUT2D eigenvalue weighted by atomic mass is 16.2. The summed E-state index contributed by atoms with van der Waals surface area (Å²) < 4.78 is 0. The maximum absolute atomic E-state index is 12.5. The van der Waals surface area contributed by atoms with Gasteiger partial charge in [-0.1, -0.05) is 30.9 Å². The number of carbonyl (C=O) groups is 2. The maximum Gasteiger partial charge on any atom is 0.227 e. The molecule has 5 heteroatoms. The van der Waals surface area contributed by atoms with Gasteiger partial charge in [-0.05, 0) is 44.4 Å². The molecule has 0 radical (unpaired) electrons. The van der Waals surface area contributed by atoms with E-state index in [0.29, 0.717) is 32.4 Å². The molecule has 5 nitrogen and oxygen atoms in total. The lowest BCUT2D eigenvalue weighted by molar-refractivity contribution is -0.132. The Morgan fingerprint density at radius 3 is 2.19 bits per heavy atom. The van der Waals surface area contributed by atoms with Crippen molar-refractivity contribution in [2.45, 2.75) is 40.0 Å². The molecule has 1 aromatic rings. The van der Waals surface area contributed by atoms with Crippen molar-refractivity contribution >= 4 is 23.2 Å². The Kier molecular flexibility index (Phi) is 7.11. The fourth-order valence-corrected chi connectivity index (χ4v) is 3.17. The van der Waals surface area contributed by atoms with Crippen molar-refractivity contribution in [1.82, 2.24) is 4.90 Å². The highest BCUT2D eigenvalue weighted by molar-refractivity contribution is 6.03. The minimum atomic E-state index is -0.0516. The van der Waals surface area contributed by atoms with Crippen LogP contribution in [0.2, 0.25) is 0 Å². The van der Waals surface area contributed by atoms with Gasteiger partial charge in [0.2, 0.25) is 11.8 Å². The van der Waals surface area contributed by atoms with Gasteiger partial charge in [-0.15, -0.1) is 0 Å². The third-order valence-corrected chi connectivity index (χ3v) is 4.59. The number of aliphatic imine (C=N–C) groups is 1. The Hall–Kier alpha value is -2.69. The molecule has 0 aromatic heterocycles. The van der Waals surface area contributed by atoms with Gasteiger partial charge in [0.1, 0.15) is 0 Å². The van der Waals surface area contributed by atoms with Gasteiger partial charge < -0.3 is 10.2 Å². The lowest BCUT2D eigenvalue weighted by atomic mass is 9.95. The lowest BCUT2D eigenvalue weighted by Gasteiger charge is -2.30. The summed E-state index contributed by atoms with van der Waals surface area (Å²) in [6, 6.07) is 7.70. The first-order valence-corrected chi connectivity index (χ1v) is 9.30. The van der Waals surface area contributed by atoms with Crippen LogP contribution in [0.25, 0.3) is 0 Å². The van der Waals surface area contributed by atoms with Crippen LogP contribution < -0.4 is 5.32 Å². The van der Waals surface area contributed by atoms with E-state index in [9.17, 15) is 9.59 Å². The first-order valence-electron chi connectivity index (χ1n) is 9.30. The molecule has 27 heavy (non-hydrogen) atoms. The Bertz CT molecular complexity index is 754. The summed E-state index contributed by atoms with van der Waals surface area (Å²) in [7, 11) is 0. The molecule has 1 saturated heterocycles. The Labute approximate surface area is 161 Å². The van der Waals surface area contributed by atoms with Crippen LogP contribution >= 0.6 is 0 Å². The molecular weight excluding hydrogens is 338 g/mol. The summed E-state index contributed by atoms with van der Waals surface area (Å²) in [5.74, 6) is 0.0411. The minimum absolute atomic E-state index is 0.0173. The monoisotopic (exact) mass is 367 g/mol. The van der Waals surface area contributed by atoms with Crippen molar-refractivity contribution in [1.29, 1.82) is 0 Å². The van der Waals surface area contributed by atoms with Crippen LogP contribution in [-0.2, 0) is 9.59 Å². The molecule has 1 heterocycles. The molecule has 0 saturated carbocycles. The lowest BCUT2D eigenvalue weighted by Crippen LogP contribution is -2.40. The number of piperidine rings is 1. The van der Waals surface area contributed by atoms with Crippen LogP contribution in [0.1, 0.15) is 45.6 Å². The zero-order valence-corrected chi connectivity index (χ0v) is 16.5. The number of hydrogen-bond acceptors (Lipinski definition) is 3. The van der Waals surface area contributed by atoms with Crippen molar-refractivity contribution in [2.75, 3.05) is 18.4 Å². The van der Waals surface area contributed by atoms with E-state index in [4.69, 9.17) is 0 Å². The van der Waals surface area contributed by atoms with E-state index >= 15 is 0 Å². The SMILES string of the molecule is C=C(C)CC(=NC(=C)C)c1ccc(NC(=O)C2CCN(C(C)=O)CC2)cc1. The highest BCUT2D eigenvalue weighted by Crippen LogP contribution is 2.20. The number of benzene rings is 1. The van der Waals surface area contributed by atoms with Gasteiger partial charge in [-0.25, -0.2) is 0 Å². The Morgan fingerprint density at radius 2 is 1.70 bits per heavy atom. The fourth-order valence-electron chi connectivity index (χ4n) is 3.17. The predicted molar refractivity (Wildman–Crippen MR) is 111 cm³/mol. The zero-order chi connectivity index (χ0) is 20.0. The Morgan fingerprint density at radius 1 is 1.11 bits per heavy atom. The molecule has 0 aliphatic carbocycles. The van der Waals surface area contributed by atoms with E-state index in [-0.39, 0.29) is 17.7 Å². The number of rotatable bonds is 6. The molecule has 144 valence electrons. The predicted octanol–water partition coefficient (Wildman–Crippen LogP) is 4.17. The quantitative estimate of drug-likeness (QED) is 0.606. The molecular formula is C22H29N3O2. The van der Waals surface area contributed by atoms with Crippen molar-refractivity contribution in [3.63, 3.8) is 0 Å². The molecule has 1 aliphatic heterocycles. The zero-order valence-electron chi connectivity index (χ0n) is 16.5. The first kappa shape index (κ1) is 20.6. The molecule has 1 fully saturated rings. The molecule has 0 spiro atoms. The standard InChI is InChI=1S/C22H29N3O2/c1-15(2)14-21(23-16(3)4)18-6-8-20(9-7-18)24-22(27)19-10-12-25(13-11-19)17(5)26/h6-9,19H,1,3,10-14H2,2,4-5H3,(H,24,27). The second-order valence-electron chi connectivity index (χ2n) is 7.27. The van der Waals surface area contributed by atoms with Gasteiger partial charge in [-0.2, -0.15) is 0 Å². The van der Waals surface area contributed by atoms with Crippen molar-refractivity contribution < 1.29 is 9.59 Å². The second kappa shape index (κ2) is 9.31. The third kappa shape index (κ3) is 6.20. The number of allylic oxidation sites excluding steroid dienone is 2. The summed E-state index contributed by atoms with van der Waals surface area (Å²) in [5, 5.41) is 2.99. The van der Waals surface area contributed by atoms with Crippen LogP contribution in [0.5, 0.6) is 0 Å². The van der Waals surface area contributed by atoms with Gasteiger partial charge in [-0.3, -0.25) is 14.6 Å². The summed E-state index contributed by atoms with van der Waals surface area (Å²) in [6.07, 6.45) is 2.10. The summed E-state index contributed by atoms with van der Waals surface area (Å²) in [4.78, 5) is 30.2. The van der Waals surface area contributed by atoms with Crippen molar-refractivity contribution in [3.8, 4) is 0 Å². The smallest absolute Gasteiger partial charge is 0.227 e. The van der Waals surface area contributed by atoms with Crippen LogP contribution in [-0.4, -0.2) is 35.5 Å². The van der Waals surface area contributed by atoms with Crippen LogP contribution in [0.3, 0.4) is 0 Å². The molecule has 0 bridgehead atoms. The number of carbonyl (C=O) groups excluding carboxylic acids is 2. The van der Waals surface area contributed by atoms with E-state index in [2.05, 4.69) is 23.5 Å². The molecule has 2 amide bonds. The summed E-state index contributed by atoms with van der Waals surface area (Å²) >= 11 is 0. The number of likely N-dealkylation sites (tertiary alicyclic amines) is 1. The van der Waals surface area contributed by atoms with Crippen LogP contribution in [0.15, 0.2) is 53.7 Å². The number of hydrogen-bond donors (Lipinski definition) is 1. The van der Waals surface area contributed by atoms with E-state index in [1.54, 1.807) is 11.8 Å².